The monoisotopic (exact) mass is 305 g/mol. The van der Waals surface area contributed by atoms with E-state index in [0.29, 0.717) is 5.56 Å². The third-order valence-electron chi connectivity index (χ3n) is 2.69. The van der Waals surface area contributed by atoms with Gasteiger partial charge in [0.1, 0.15) is 5.69 Å². The first-order valence-electron chi connectivity index (χ1n) is 5.93. The molecule has 0 heterocycles. The lowest BCUT2D eigenvalue weighted by Crippen LogP contribution is -2.35. The number of halogens is 3. The Bertz CT molecular complexity index is 559. The Morgan fingerprint density at radius 1 is 1.29 bits per heavy atom. The highest BCUT2D eigenvalue weighted by Gasteiger charge is 2.26. The van der Waals surface area contributed by atoms with Gasteiger partial charge in [-0.15, -0.1) is 0 Å². The van der Waals surface area contributed by atoms with Crippen LogP contribution < -0.4 is 10.6 Å². The maximum atomic E-state index is 11.9. The molecule has 21 heavy (non-hydrogen) atoms. The number of nitrogens with zero attached hydrogens (tertiary/aromatic N) is 1. The van der Waals surface area contributed by atoms with Gasteiger partial charge in [0.25, 0.3) is 5.69 Å². The van der Waals surface area contributed by atoms with E-state index in [9.17, 15) is 28.1 Å². The average Bonchev–Trinajstić information content (AvgIpc) is 2.31. The zero-order valence-corrected chi connectivity index (χ0v) is 11.4. The number of hydrogen-bond acceptors (Lipinski definition) is 4. The maximum absolute atomic E-state index is 11.9. The first kappa shape index (κ1) is 16.9. The van der Waals surface area contributed by atoms with Gasteiger partial charge in [-0.2, -0.15) is 13.2 Å². The SMILES string of the molecule is Cc1cc(NC(=O)CNCC(F)(F)F)c([N+](=O)[O-])cc1C. The van der Waals surface area contributed by atoms with Crippen molar-refractivity contribution in [2.45, 2.75) is 20.0 Å². The number of hydrogen-bond donors (Lipinski definition) is 2. The minimum absolute atomic E-state index is 0.0399. The van der Waals surface area contributed by atoms with Gasteiger partial charge in [0, 0.05) is 6.07 Å². The summed E-state index contributed by atoms with van der Waals surface area (Å²) in [5.74, 6) is -0.786. The van der Waals surface area contributed by atoms with Crippen LogP contribution in [0.25, 0.3) is 0 Å². The van der Waals surface area contributed by atoms with Crippen LogP contribution in [-0.4, -0.2) is 30.1 Å². The second-order valence-corrected chi connectivity index (χ2v) is 4.48. The van der Waals surface area contributed by atoms with Gasteiger partial charge in [-0.1, -0.05) is 0 Å². The van der Waals surface area contributed by atoms with E-state index >= 15 is 0 Å². The number of amides is 1. The Morgan fingerprint density at radius 2 is 1.86 bits per heavy atom. The van der Waals surface area contributed by atoms with Crippen molar-refractivity contribution in [2.24, 2.45) is 0 Å². The van der Waals surface area contributed by atoms with Crippen LogP contribution >= 0.6 is 0 Å². The number of rotatable bonds is 5. The summed E-state index contributed by atoms with van der Waals surface area (Å²) in [6.07, 6.45) is -4.42. The molecule has 2 N–H and O–H groups in total. The quantitative estimate of drug-likeness (QED) is 0.646. The van der Waals surface area contributed by atoms with E-state index in [1.807, 2.05) is 5.32 Å². The highest BCUT2D eigenvalue weighted by atomic mass is 19.4. The Morgan fingerprint density at radius 3 is 2.38 bits per heavy atom. The molecule has 0 unspecified atom stereocenters. The van der Waals surface area contributed by atoms with Gasteiger partial charge in [0.15, 0.2) is 0 Å². The van der Waals surface area contributed by atoms with Gasteiger partial charge >= 0.3 is 6.18 Å². The summed E-state index contributed by atoms with van der Waals surface area (Å²) >= 11 is 0. The van der Waals surface area contributed by atoms with E-state index in [0.717, 1.165) is 5.56 Å². The molecule has 0 saturated carbocycles. The predicted molar refractivity (Wildman–Crippen MR) is 70.1 cm³/mol. The molecule has 116 valence electrons. The van der Waals surface area contributed by atoms with E-state index in [1.54, 1.807) is 13.8 Å². The van der Waals surface area contributed by atoms with E-state index in [1.165, 1.54) is 12.1 Å². The van der Waals surface area contributed by atoms with Gasteiger partial charge < -0.3 is 10.6 Å². The molecular formula is C12H14F3N3O3. The number of carbonyl (C=O) groups excluding carboxylic acids is 1. The van der Waals surface area contributed by atoms with Crippen LogP contribution in [0.15, 0.2) is 12.1 Å². The summed E-state index contributed by atoms with van der Waals surface area (Å²) in [5, 5.41) is 15.1. The van der Waals surface area contributed by atoms with E-state index in [-0.39, 0.29) is 11.4 Å². The van der Waals surface area contributed by atoms with Crippen LogP contribution in [0, 0.1) is 24.0 Å². The molecule has 0 radical (unpaired) electrons. The Labute approximate surface area is 118 Å². The van der Waals surface area contributed by atoms with Crippen LogP contribution in [-0.2, 0) is 4.79 Å². The lowest BCUT2D eigenvalue weighted by Gasteiger charge is -2.10. The Balaban J connectivity index is 2.76. The molecule has 0 aliphatic carbocycles. The number of nitrogens with one attached hydrogen (secondary N) is 2. The Kier molecular flexibility index (Phi) is 5.25. The third kappa shape index (κ3) is 5.38. The van der Waals surface area contributed by atoms with Crippen LogP contribution in [0.3, 0.4) is 0 Å². The largest absolute Gasteiger partial charge is 0.401 e. The molecule has 0 aliphatic rings. The number of nitro groups is 1. The topological polar surface area (TPSA) is 84.3 Å². The number of alkyl halides is 3. The van der Waals surface area contributed by atoms with E-state index in [2.05, 4.69) is 5.32 Å². The van der Waals surface area contributed by atoms with Crippen molar-refractivity contribution in [2.75, 3.05) is 18.4 Å². The lowest BCUT2D eigenvalue weighted by molar-refractivity contribution is -0.384. The second-order valence-electron chi connectivity index (χ2n) is 4.48. The van der Waals surface area contributed by atoms with Crippen molar-refractivity contribution >= 4 is 17.3 Å². The second kappa shape index (κ2) is 6.53. The number of anilines is 1. The van der Waals surface area contributed by atoms with E-state index < -0.39 is 30.1 Å². The average molecular weight is 305 g/mol. The van der Waals surface area contributed by atoms with Crippen molar-refractivity contribution in [1.29, 1.82) is 0 Å². The van der Waals surface area contributed by atoms with Gasteiger partial charge in [-0.3, -0.25) is 14.9 Å². The van der Waals surface area contributed by atoms with Crippen LogP contribution in [0.2, 0.25) is 0 Å². The molecule has 1 amide bonds. The minimum atomic E-state index is -4.42. The molecule has 0 saturated heterocycles. The fraction of sp³-hybridized carbons (Fsp3) is 0.417. The van der Waals surface area contributed by atoms with Crippen LogP contribution in [0.5, 0.6) is 0 Å². The van der Waals surface area contributed by atoms with Crippen molar-refractivity contribution in [3.8, 4) is 0 Å². The molecule has 9 heteroatoms. The third-order valence-corrected chi connectivity index (χ3v) is 2.69. The first-order chi connectivity index (χ1) is 9.60. The standard InChI is InChI=1S/C12H14F3N3O3/c1-7-3-9(10(18(20)21)4-8(7)2)17-11(19)5-16-6-12(13,14)15/h3-4,16H,5-6H2,1-2H3,(H,17,19). The molecule has 0 spiro atoms. The number of nitro benzene ring substituents is 1. The highest BCUT2D eigenvalue weighted by Crippen LogP contribution is 2.27. The van der Waals surface area contributed by atoms with Crippen molar-refractivity contribution < 1.29 is 22.9 Å². The smallest absolute Gasteiger partial charge is 0.319 e. The van der Waals surface area contributed by atoms with E-state index in [4.69, 9.17) is 0 Å². The summed E-state index contributed by atoms with van der Waals surface area (Å²) in [7, 11) is 0. The van der Waals surface area contributed by atoms with Crippen molar-refractivity contribution in [1.82, 2.24) is 5.32 Å². The Hall–Kier alpha value is -2.16. The summed E-state index contributed by atoms with van der Waals surface area (Å²) < 4.78 is 35.8. The normalized spacial score (nSPS) is 11.3. The molecule has 0 fully saturated rings. The highest BCUT2D eigenvalue weighted by molar-refractivity contribution is 5.94. The summed E-state index contributed by atoms with van der Waals surface area (Å²) in [6.45, 7) is 1.48. The molecule has 0 aromatic heterocycles. The van der Waals surface area contributed by atoms with Gasteiger partial charge in [0.05, 0.1) is 18.0 Å². The predicted octanol–water partition coefficient (Wildman–Crippen LogP) is 2.30. The number of benzene rings is 1. The molecule has 6 nitrogen and oxygen atoms in total. The fourth-order valence-corrected chi connectivity index (χ4v) is 1.56. The van der Waals surface area contributed by atoms with Crippen molar-refractivity contribution in [3.63, 3.8) is 0 Å². The summed E-state index contributed by atoms with van der Waals surface area (Å²) in [6, 6.07) is 2.71. The molecule has 0 atom stereocenters. The molecule has 1 aromatic rings. The zero-order chi connectivity index (χ0) is 16.2. The summed E-state index contributed by atoms with van der Waals surface area (Å²) in [4.78, 5) is 21.7. The molecule has 0 bridgehead atoms. The number of aryl methyl sites for hydroxylation is 2. The first-order valence-corrected chi connectivity index (χ1v) is 5.93. The molecular weight excluding hydrogens is 291 g/mol. The van der Waals surface area contributed by atoms with Gasteiger partial charge in [-0.05, 0) is 31.0 Å². The summed E-state index contributed by atoms with van der Waals surface area (Å²) in [5.41, 5.74) is 1.05. The lowest BCUT2D eigenvalue weighted by atomic mass is 10.1. The van der Waals surface area contributed by atoms with Crippen LogP contribution in [0.4, 0.5) is 24.5 Å². The zero-order valence-electron chi connectivity index (χ0n) is 11.4. The maximum Gasteiger partial charge on any atom is 0.401 e. The minimum Gasteiger partial charge on any atom is -0.319 e. The van der Waals surface area contributed by atoms with Gasteiger partial charge in [-0.25, -0.2) is 0 Å². The number of carbonyl (C=O) groups is 1. The van der Waals surface area contributed by atoms with Crippen molar-refractivity contribution in [3.05, 3.63) is 33.4 Å². The molecule has 1 rings (SSSR count). The van der Waals surface area contributed by atoms with Crippen LogP contribution in [0.1, 0.15) is 11.1 Å². The fourth-order valence-electron chi connectivity index (χ4n) is 1.56. The van der Waals surface area contributed by atoms with Gasteiger partial charge in [0.2, 0.25) is 5.91 Å². The molecule has 1 aromatic carbocycles. The molecule has 0 aliphatic heterocycles.